The monoisotopic (exact) mass is 232 g/mol. The number of aromatic nitrogens is 1. The molecule has 0 atom stereocenters. The van der Waals surface area contributed by atoms with Crippen LogP contribution in [-0.2, 0) is 13.0 Å². The Morgan fingerprint density at radius 2 is 2.18 bits per heavy atom. The fraction of sp³-hybridized carbons (Fsp3) is 0.182. The molecule has 86 valence electrons. The van der Waals surface area contributed by atoms with Gasteiger partial charge in [-0.1, -0.05) is 12.1 Å². The maximum atomic E-state index is 11.9. The Bertz CT molecular complexity index is 717. The largest absolute Gasteiger partial charge is 0.501 e. The van der Waals surface area contributed by atoms with Gasteiger partial charge in [0.2, 0.25) is 5.75 Å². The van der Waals surface area contributed by atoms with Crippen molar-refractivity contribution in [3.05, 3.63) is 44.2 Å². The molecule has 3 rings (SSSR count). The van der Waals surface area contributed by atoms with Gasteiger partial charge in [-0.2, -0.15) is 0 Å². The minimum absolute atomic E-state index is 0.367. The second kappa shape index (κ2) is 3.07. The zero-order valence-electron chi connectivity index (χ0n) is 8.71. The minimum Gasteiger partial charge on any atom is -0.501 e. The van der Waals surface area contributed by atoms with Gasteiger partial charge in [0.1, 0.15) is 0 Å². The molecule has 1 aromatic carbocycles. The van der Waals surface area contributed by atoms with E-state index in [9.17, 15) is 20.0 Å². The van der Waals surface area contributed by atoms with Gasteiger partial charge in [-0.25, -0.2) is 0 Å². The summed E-state index contributed by atoms with van der Waals surface area (Å²) in [6.45, 7) is 0.426. The van der Waals surface area contributed by atoms with Gasteiger partial charge in [0.15, 0.2) is 0 Å². The predicted molar refractivity (Wildman–Crippen MR) is 60.2 cm³/mol. The van der Waals surface area contributed by atoms with Crippen molar-refractivity contribution in [2.24, 2.45) is 0 Å². The van der Waals surface area contributed by atoms with Gasteiger partial charge in [0, 0.05) is 11.9 Å². The lowest BCUT2D eigenvalue weighted by molar-refractivity contribution is -0.387. The molecule has 0 amide bonds. The van der Waals surface area contributed by atoms with Crippen molar-refractivity contribution in [2.75, 3.05) is 0 Å². The summed E-state index contributed by atoms with van der Waals surface area (Å²) in [7, 11) is 0. The van der Waals surface area contributed by atoms with Crippen LogP contribution >= 0.6 is 0 Å². The zero-order chi connectivity index (χ0) is 12.2. The Morgan fingerprint density at radius 1 is 1.41 bits per heavy atom. The van der Waals surface area contributed by atoms with E-state index in [1.165, 1.54) is 4.57 Å². The minimum atomic E-state index is -0.828. The van der Waals surface area contributed by atoms with Crippen molar-refractivity contribution >= 4 is 16.6 Å². The molecule has 6 nitrogen and oxygen atoms in total. The smallest absolute Gasteiger partial charge is 0.375 e. The van der Waals surface area contributed by atoms with E-state index >= 15 is 0 Å². The molecule has 0 aliphatic carbocycles. The van der Waals surface area contributed by atoms with Crippen LogP contribution in [0.4, 0.5) is 5.69 Å². The second-order valence-corrected chi connectivity index (χ2v) is 3.97. The summed E-state index contributed by atoms with van der Waals surface area (Å²) in [5.41, 5.74) is 0.0758. The van der Waals surface area contributed by atoms with Crippen LogP contribution in [0.1, 0.15) is 5.56 Å². The third kappa shape index (κ3) is 1.12. The molecule has 0 saturated heterocycles. The summed E-state index contributed by atoms with van der Waals surface area (Å²) in [6.07, 6.45) is 0.660. The number of aryl methyl sites for hydroxylation is 2. The molecule has 0 unspecified atom stereocenters. The van der Waals surface area contributed by atoms with Gasteiger partial charge in [-0.15, -0.1) is 0 Å². The van der Waals surface area contributed by atoms with Crippen molar-refractivity contribution in [3.8, 4) is 5.75 Å². The van der Waals surface area contributed by atoms with Crippen LogP contribution < -0.4 is 5.56 Å². The summed E-state index contributed by atoms with van der Waals surface area (Å²) in [4.78, 5) is 21.8. The summed E-state index contributed by atoms with van der Waals surface area (Å²) in [5, 5.41) is 21.0. The Labute approximate surface area is 94.9 Å². The molecule has 1 N–H and O–H groups in total. The topological polar surface area (TPSA) is 85.4 Å². The third-order valence-electron chi connectivity index (χ3n) is 3.10. The maximum Gasteiger partial charge on any atom is 0.375 e. The van der Waals surface area contributed by atoms with E-state index in [1.807, 2.05) is 6.07 Å². The van der Waals surface area contributed by atoms with Crippen LogP contribution in [0, 0.1) is 10.1 Å². The van der Waals surface area contributed by atoms with E-state index in [0.29, 0.717) is 23.9 Å². The van der Waals surface area contributed by atoms with Crippen molar-refractivity contribution in [1.82, 2.24) is 4.57 Å². The average molecular weight is 232 g/mol. The molecule has 2 aromatic rings. The highest BCUT2D eigenvalue weighted by Crippen LogP contribution is 2.34. The van der Waals surface area contributed by atoms with Gasteiger partial charge in [-0.05, 0) is 18.1 Å². The highest BCUT2D eigenvalue weighted by Gasteiger charge is 2.28. The summed E-state index contributed by atoms with van der Waals surface area (Å²) in [6, 6.07) is 5.17. The molecule has 1 aromatic heterocycles. The SMILES string of the molecule is O=c1c([N+](=O)[O-])c(O)c2cccc3c2n1CC3. The second-order valence-electron chi connectivity index (χ2n) is 3.97. The molecule has 6 heteroatoms. The number of aromatic hydroxyl groups is 1. The lowest BCUT2D eigenvalue weighted by Gasteiger charge is -2.05. The van der Waals surface area contributed by atoms with E-state index in [0.717, 1.165) is 5.56 Å². The predicted octanol–water partition coefficient (Wildman–Crippen LogP) is 1.17. The number of hydrogen-bond acceptors (Lipinski definition) is 4. The van der Waals surface area contributed by atoms with Crippen LogP contribution in [0.15, 0.2) is 23.0 Å². The number of benzene rings is 1. The van der Waals surface area contributed by atoms with E-state index in [-0.39, 0.29) is 0 Å². The van der Waals surface area contributed by atoms with Gasteiger partial charge >= 0.3 is 11.2 Å². The molecule has 17 heavy (non-hydrogen) atoms. The molecule has 0 spiro atoms. The van der Waals surface area contributed by atoms with Crippen LogP contribution in [0.5, 0.6) is 5.75 Å². The van der Waals surface area contributed by atoms with Gasteiger partial charge in [0.05, 0.1) is 10.4 Å². The summed E-state index contributed by atoms with van der Waals surface area (Å²) < 4.78 is 1.36. The third-order valence-corrected chi connectivity index (χ3v) is 3.10. The molecular formula is C11H8N2O4. The van der Waals surface area contributed by atoms with Crippen LogP contribution in [0.3, 0.4) is 0 Å². The first-order valence-electron chi connectivity index (χ1n) is 5.13. The normalized spacial score (nSPS) is 13.2. The number of para-hydroxylation sites is 1. The quantitative estimate of drug-likeness (QED) is 0.590. The first-order valence-corrected chi connectivity index (χ1v) is 5.13. The highest BCUT2D eigenvalue weighted by atomic mass is 16.6. The molecule has 2 heterocycles. The number of hydrogen-bond donors (Lipinski definition) is 1. The van der Waals surface area contributed by atoms with Crippen molar-refractivity contribution in [2.45, 2.75) is 13.0 Å². The fourth-order valence-electron chi connectivity index (χ4n) is 2.37. The van der Waals surface area contributed by atoms with E-state index < -0.39 is 21.9 Å². The molecule has 0 saturated carbocycles. The average Bonchev–Trinajstić information content (AvgIpc) is 2.70. The maximum absolute atomic E-state index is 11.9. The van der Waals surface area contributed by atoms with E-state index in [2.05, 4.69) is 0 Å². The van der Waals surface area contributed by atoms with Crippen molar-refractivity contribution in [3.63, 3.8) is 0 Å². The van der Waals surface area contributed by atoms with Crippen LogP contribution in [-0.4, -0.2) is 14.6 Å². The number of rotatable bonds is 1. The molecule has 0 fully saturated rings. The lowest BCUT2D eigenvalue weighted by Crippen LogP contribution is -2.21. The molecule has 1 aliphatic heterocycles. The van der Waals surface area contributed by atoms with E-state index in [4.69, 9.17) is 0 Å². The molecule has 0 bridgehead atoms. The van der Waals surface area contributed by atoms with E-state index in [1.54, 1.807) is 12.1 Å². The number of nitrogens with zero attached hydrogens (tertiary/aromatic N) is 2. The highest BCUT2D eigenvalue weighted by molar-refractivity contribution is 5.91. The number of pyridine rings is 1. The molecule has 1 aliphatic rings. The van der Waals surface area contributed by atoms with Crippen molar-refractivity contribution in [1.29, 1.82) is 0 Å². The first-order chi connectivity index (χ1) is 8.11. The van der Waals surface area contributed by atoms with Crippen LogP contribution in [0.25, 0.3) is 10.9 Å². The van der Waals surface area contributed by atoms with Gasteiger partial charge in [0.25, 0.3) is 0 Å². The summed E-state index contributed by atoms with van der Waals surface area (Å²) in [5.74, 6) is -0.532. The first kappa shape index (κ1) is 9.83. The van der Waals surface area contributed by atoms with Crippen molar-refractivity contribution < 1.29 is 10.0 Å². The lowest BCUT2D eigenvalue weighted by atomic mass is 10.1. The van der Waals surface area contributed by atoms with Gasteiger partial charge < -0.3 is 9.67 Å². The molecule has 0 radical (unpaired) electrons. The molecular weight excluding hydrogens is 224 g/mol. The van der Waals surface area contributed by atoms with Crippen LogP contribution in [0.2, 0.25) is 0 Å². The Hall–Kier alpha value is -2.37. The van der Waals surface area contributed by atoms with Gasteiger partial charge in [-0.3, -0.25) is 14.9 Å². The standard InChI is InChI=1S/C11H8N2O4/c14-10-7-3-1-2-6-4-5-12(8(6)7)11(15)9(10)13(16)17/h1-3,14H,4-5H2. The Kier molecular flexibility index (Phi) is 1.77. The zero-order valence-corrected chi connectivity index (χ0v) is 8.71. The number of nitro groups is 1. The fourth-order valence-corrected chi connectivity index (χ4v) is 2.37. The Balaban J connectivity index is 2.60. The Morgan fingerprint density at radius 3 is 2.88 bits per heavy atom. The summed E-state index contributed by atoms with van der Waals surface area (Å²) >= 11 is 0.